The zero-order chi connectivity index (χ0) is 37.7. The summed E-state index contributed by atoms with van der Waals surface area (Å²) in [5.74, 6) is 2.13. The molecule has 7 rings (SSSR count). The monoisotopic (exact) mass is 895 g/mol. The van der Waals surface area contributed by atoms with E-state index in [0.717, 1.165) is 70.3 Å². The number of para-hydroxylation sites is 1. The summed E-state index contributed by atoms with van der Waals surface area (Å²) in [5.41, 5.74) is 12.8. The first kappa shape index (κ1) is 39.2. The van der Waals surface area contributed by atoms with Crippen molar-refractivity contribution in [1.82, 2.24) is 19.3 Å². The number of nitrogens with zero attached hydrogens (tertiary/aromatic N) is 4. The fourth-order valence-corrected chi connectivity index (χ4v) is 7.56. The molecule has 0 saturated heterocycles. The number of rotatable bonds is 9. The summed E-state index contributed by atoms with van der Waals surface area (Å²) in [6, 6.07) is 35.3. The normalized spacial score (nSPS) is 12.0. The Kier molecular flexibility index (Phi) is 11.1. The Morgan fingerprint density at radius 1 is 0.648 bits per heavy atom. The van der Waals surface area contributed by atoms with E-state index < -0.39 is 0 Å². The number of aryl methyl sites for hydroxylation is 3. The number of hydrogen-bond acceptors (Lipinski definition) is 3. The molecular weight excluding hydrogens is 844 g/mol. The maximum Gasteiger partial charge on any atom is 2.00 e. The Morgan fingerprint density at radius 3 is 2.00 bits per heavy atom. The van der Waals surface area contributed by atoms with E-state index in [1.807, 2.05) is 12.3 Å². The van der Waals surface area contributed by atoms with Crippen LogP contribution in [0.4, 0.5) is 0 Å². The third kappa shape index (κ3) is 7.20. The summed E-state index contributed by atoms with van der Waals surface area (Å²) in [5, 5.41) is 7.57. The number of ether oxygens (including phenoxy) is 1. The summed E-state index contributed by atoms with van der Waals surface area (Å²) in [6.07, 6.45) is 5.54. The Bertz CT molecular complexity index is 2430. The maximum absolute atomic E-state index is 6.76. The molecule has 0 unspecified atom stereocenters. The van der Waals surface area contributed by atoms with Gasteiger partial charge in [0.1, 0.15) is 5.82 Å². The minimum atomic E-state index is -0.133. The van der Waals surface area contributed by atoms with Crippen LogP contribution in [0.25, 0.3) is 44.4 Å². The fraction of sp³-hybridized carbons (Fsp3) is 0.333. The van der Waals surface area contributed by atoms with E-state index in [-0.39, 0.29) is 31.9 Å². The van der Waals surface area contributed by atoms with E-state index in [9.17, 15) is 0 Å². The van der Waals surface area contributed by atoms with Crippen molar-refractivity contribution in [2.24, 2.45) is 0 Å². The topological polar surface area (TPSA) is 44.9 Å². The van der Waals surface area contributed by atoms with Crippen LogP contribution in [0.15, 0.2) is 85.1 Å². The summed E-state index contributed by atoms with van der Waals surface area (Å²) in [6.45, 7) is 22.3. The Morgan fingerprint density at radius 2 is 1.35 bits per heavy atom. The van der Waals surface area contributed by atoms with E-state index >= 15 is 0 Å². The van der Waals surface area contributed by atoms with E-state index in [1.54, 1.807) is 0 Å². The number of aromatic nitrogens is 4. The van der Waals surface area contributed by atoms with E-state index in [2.05, 4.69) is 163 Å². The average Bonchev–Trinajstić information content (AvgIpc) is 3.68. The Hall–Kier alpha value is -4.47. The maximum atomic E-state index is 6.76. The minimum Gasteiger partial charge on any atom is -0.509 e. The Balaban J connectivity index is 0.00000497. The van der Waals surface area contributed by atoms with E-state index in [4.69, 9.17) is 14.8 Å². The van der Waals surface area contributed by atoms with Gasteiger partial charge in [0.15, 0.2) is 0 Å². The molecule has 0 amide bonds. The zero-order valence-corrected chi connectivity index (χ0v) is 35.7. The molecule has 0 atom stereocenters. The van der Waals surface area contributed by atoms with Crippen LogP contribution < -0.4 is 4.74 Å². The van der Waals surface area contributed by atoms with Crippen molar-refractivity contribution in [1.29, 1.82) is 0 Å². The number of benzene rings is 4. The van der Waals surface area contributed by atoms with Crippen molar-refractivity contribution in [2.75, 3.05) is 0 Å². The molecular formula is C48H52N4OPt. The van der Waals surface area contributed by atoms with Crippen LogP contribution in [0.3, 0.4) is 0 Å². The van der Waals surface area contributed by atoms with Crippen LogP contribution in [0.2, 0.25) is 0 Å². The molecule has 0 aliphatic carbocycles. The molecule has 4 aromatic carbocycles. The van der Waals surface area contributed by atoms with Crippen LogP contribution in [-0.4, -0.2) is 19.3 Å². The molecule has 280 valence electrons. The van der Waals surface area contributed by atoms with Gasteiger partial charge in [0.25, 0.3) is 0 Å². The third-order valence-electron chi connectivity index (χ3n) is 10.5. The molecule has 5 nitrogen and oxygen atoms in total. The van der Waals surface area contributed by atoms with Crippen LogP contribution >= 0.6 is 0 Å². The van der Waals surface area contributed by atoms with Crippen LogP contribution in [-0.2, 0) is 57.6 Å². The second-order valence-corrected chi connectivity index (χ2v) is 16.1. The van der Waals surface area contributed by atoms with Crippen LogP contribution in [0.5, 0.6) is 11.5 Å². The second kappa shape index (κ2) is 15.3. The van der Waals surface area contributed by atoms with Gasteiger partial charge in [-0.25, -0.2) is 4.98 Å². The average molecular weight is 896 g/mol. The summed E-state index contributed by atoms with van der Waals surface area (Å²) in [4.78, 5) is 4.86. The summed E-state index contributed by atoms with van der Waals surface area (Å²) in [7, 11) is 0. The van der Waals surface area contributed by atoms with Crippen molar-refractivity contribution in [3.63, 3.8) is 0 Å². The van der Waals surface area contributed by atoms with Gasteiger partial charge < -0.3 is 9.30 Å². The van der Waals surface area contributed by atoms with Crippen molar-refractivity contribution in [3.8, 4) is 34.1 Å². The van der Waals surface area contributed by atoms with Gasteiger partial charge in [0.05, 0.1) is 5.69 Å². The van der Waals surface area contributed by atoms with Crippen LogP contribution in [0.1, 0.15) is 103 Å². The van der Waals surface area contributed by atoms with Crippen molar-refractivity contribution < 1.29 is 25.8 Å². The largest absolute Gasteiger partial charge is 2.00 e. The zero-order valence-electron chi connectivity index (χ0n) is 33.4. The molecule has 0 spiro atoms. The van der Waals surface area contributed by atoms with Crippen molar-refractivity contribution >= 4 is 21.8 Å². The minimum absolute atomic E-state index is 0. The predicted octanol–water partition coefficient (Wildman–Crippen LogP) is 12.3. The van der Waals surface area contributed by atoms with Gasteiger partial charge >= 0.3 is 21.1 Å². The molecule has 0 aliphatic rings. The van der Waals surface area contributed by atoms with Crippen molar-refractivity contribution in [3.05, 3.63) is 131 Å². The van der Waals surface area contributed by atoms with E-state index in [0.29, 0.717) is 11.5 Å². The number of fused-ring (bicyclic) bond motifs is 3. The quantitative estimate of drug-likeness (QED) is 0.136. The van der Waals surface area contributed by atoms with Gasteiger partial charge in [0, 0.05) is 34.5 Å². The van der Waals surface area contributed by atoms with Gasteiger partial charge in [-0.1, -0.05) is 111 Å². The molecule has 0 fully saturated rings. The number of hydrogen-bond donors (Lipinski definition) is 0. The van der Waals surface area contributed by atoms with Gasteiger partial charge in [-0.3, -0.25) is 4.68 Å². The molecule has 0 saturated carbocycles. The fourth-order valence-electron chi connectivity index (χ4n) is 7.56. The van der Waals surface area contributed by atoms with Crippen molar-refractivity contribution in [2.45, 2.75) is 106 Å². The van der Waals surface area contributed by atoms with Gasteiger partial charge in [-0.15, -0.1) is 41.3 Å². The first-order valence-electron chi connectivity index (χ1n) is 19.3. The summed E-state index contributed by atoms with van der Waals surface area (Å²) >= 11 is 0. The molecule has 0 bridgehead atoms. The van der Waals surface area contributed by atoms with Gasteiger partial charge in [-0.2, -0.15) is 11.2 Å². The SMILES string of the molecule is CCc1cccc(CC)c1-c1c(CC)nn(-c2[c-]c(Oc3[c-]c4c(cc3)c3ccccc3n4-c3cc(C(C)(C)C)ccn3)cc(C(C)(C)C)c2)c1CC.[Pt+2]. The third-order valence-corrected chi connectivity index (χ3v) is 10.5. The first-order chi connectivity index (χ1) is 25.4. The van der Waals surface area contributed by atoms with E-state index in [1.165, 1.54) is 33.5 Å². The Labute approximate surface area is 336 Å². The molecule has 0 N–H and O–H groups in total. The van der Waals surface area contributed by atoms with Crippen LogP contribution in [0, 0.1) is 12.1 Å². The standard InChI is InChI=1S/C48H52N4O.Pt/c1-11-31-18-17-19-32(12-2)45(31)46-40(13-3)50-52(41(46)14-4)35-26-34(48(8,9)10)27-37(29-35)53-36-22-23-39-38-20-15-16-21-42(38)51(43(39)30-36)44-28-33(24-25-49-44)47(5,6)7;/h15-28H,11-14H2,1-10H3;/q-2;+2. The molecule has 0 radical (unpaired) electrons. The first-order valence-corrected chi connectivity index (χ1v) is 19.3. The van der Waals surface area contributed by atoms with Gasteiger partial charge in [-0.05, 0) is 88.0 Å². The smallest absolute Gasteiger partial charge is 0.509 e. The molecule has 0 aliphatic heterocycles. The molecule has 3 aromatic heterocycles. The number of pyridine rings is 1. The molecule has 54 heavy (non-hydrogen) atoms. The van der Waals surface area contributed by atoms with Gasteiger partial charge in [0.2, 0.25) is 0 Å². The molecule has 3 heterocycles. The second-order valence-electron chi connectivity index (χ2n) is 16.1. The molecule has 7 aromatic rings. The molecule has 6 heteroatoms. The summed E-state index contributed by atoms with van der Waals surface area (Å²) < 4.78 is 11.1. The predicted molar refractivity (Wildman–Crippen MR) is 220 cm³/mol.